The Kier molecular flexibility index (Phi) is 4.97. The van der Waals surface area contributed by atoms with Crippen LogP contribution in [0.2, 0.25) is 0 Å². The van der Waals surface area contributed by atoms with Crippen LogP contribution in [0.25, 0.3) is 11.2 Å². The number of nitrogens with one attached hydrogen (secondary N) is 1. The summed E-state index contributed by atoms with van der Waals surface area (Å²) in [5, 5.41) is 3.40. The third kappa shape index (κ3) is 3.42. The number of imidazole rings is 1. The number of nitrogens with zero attached hydrogens (tertiary/aromatic N) is 4. The molecule has 0 saturated heterocycles. The number of amides is 1. The smallest absolute Gasteiger partial charge is 0.325 e. The van der Waals surface area contributed by atoms with Crippen LogP contribution in [0.1, 0.15) is 11.1 Å². The molecule has 2 heterocycles. The van der Waals surface area contributed by atoms with Crippen molar-refractivity contribution < 1.29 is 4.79 Å². The van der Waals surface area contributed by atoms with Crippen molar-refractivity contribution in [3.63, 3.8) is 0 Å². The molecule has 8 nitrogen and oxygen atoms in total. The quantitative estimate of drug-likeness (QED) is 0.682. The lowest BCUT2D eigenvalue weighted by atomic mass is 10.1. The van der Waals surface area contributed by atoms with Crippen LogP contribution < -0.4 is 16.6 Å². The summed E-state index contributed by atoms with van der Waals surface area (Å²) < 4.78 is 4.00. The highest BCUT2D eigenvalue weighted by Gasteiger charge is 2.18. The van der Waals surface area contributed by atoms with Crippen molar-refractivity contribution in [2.75, 3.05) is 11.1 Å². The number of carbonyl (C=O) groups excluding carboxylic acids is 1. The lowest BCUT2D eigenvalue weighted by Gasteiger charge is -2.09. The average Bonchev–Trinajstić information content (AvgIpc) is 2.96. The molecule has 27 heavy (non-hydrogen) atoms. The molecule has 0 aliphatic heterocycles. The van der Waals surface area contributed by atoms with E-state index in [1.54, 1.807) is 18.7 Å². The molecular formula is C18H21N5O3S. The summed E-state index contributed by atoms with van der Waals surface area (Å²) in [5.74, 6) is -0.0266. The van der Waals surface area contributed by atoms with Gasteiger partial charge in [-0.2, -0.15) is 0 Å². The van der Waals surface area contributed by atoms with Crippen LogP contribution in [-0.2, 0) is 25.9 Å². The molecule has 0 radical (unpaired) electrons. The highest BCUT2D eigenvalue weighted by atomic mass is 32.2. The van der Waals surface area contributed by atoms with Crippen molar-refractivity contribution in [3.8, 4) is 0 Å². The Labute approximate surface area is 159 Å². The Morgan fingerprint density at radius 2 is 1.81 bits per heavy atom. The van der Waals surface area contributed by atoms with E-state index in [9.17, 15) is 14.4 Å². The predicted octanol–water partition coefficient (Wildman–Crippen LogP) is 1.32. The van der Waals surface area contributed by atoms with Gasteiger partial charge in [-0.1, -0.05) is 23.9 Å². The molecule has 3 rings (SSSR count). The fraction of sp³-hybridized carbons (Fsp3) is 0.333. The number of hydrogen-bond acceptors (Lipinski definition) is 5. The molecule has 0 aliphatic rings. The highest BCUT2D eigenvalue weighted by Crippen LogP contribution is 2.21. The first kappa shape index (κ1) is 19.0. The van der Waals surface area contributed by atoms with Gasteiger partial charge < -0.3 is 9.88 Å². The maximum absolute atomic E-state index is 12.4. The molecule has 9 heteroatoms. The van der Waals surface area contributed by atoms with E-state index in [0.717, 1.165) is 21.4 Å². The zero-order valence-electron chi connectivity index (χ0n) is 15.9. The van der Waals surface area contributed by atoms with E-state index in [4.69, 9.17) is 0 Å². The van der Waals surface area contributed by atoms with E-state index in [0.29, 0.717) is 16.3 Å². The van der Waals surface area contributed by atoms with Gasteiger partial charge in [0, 0.05) is 26.8 Å². The van der Waals surface area contributed by atoms with Gasteiger partial charge in [0.2, 0.25) is 5.91 Å². The SMILES string of the molecule is Cc1ccc(C)c(NC(=O)CSc2nc3c(c(=O)n(C)c(=O)n3C)n2C)c1. The van der Waals surface area contributed by atoms with Crippen molar-refractivity contribution >= 4 is 34.5 Å². The number of rotatable bonds is 4. The normalized spacial score (nSPS) is 11.1. The van der Waals surface area contributed by atoms with Crippen LogP contribution >= 0.6 is 11.8 Å². The average molecular weight is 387 g/mol. The highest BCUT2D eigenvalue weighted by molar-refractivity contribution is 7.99. The second-order valence-electron chi connectivity index (χ2n) is 6.49. The summed E-state index contributed by atoms with van der Waals surface area (Å²) in [4.78, 5) is 41.2. The van der Waals surface area contributed by atoms with E-state index in [-0.39, 0.29) is 11.7 Å². The number of hydrogen-bond donors (Lipinski definition) is 1. The van der Waals surface area contributed by atoms with Gasteiger partial charge in [0.25, 0.3) is 5.56 Å². The first-order chi connectivity index (χ1) is 12.7. The Bertz CT molecular complexity index is 1170. The topological polar surface area (TPSA) is 90.9 Å². The third-order valence-corrected chi connectivity index (χ3v) is 5.46. The maximum Gasteiger partial charge on any atom is 0.332 e. The molecule has 0 fully saturated rings. The van der Waals surface area contributed by atoms with Crippen molar-refractivity contribution in [1.82, 2.24) is 18.7 Å². The maximum atomic E-state index is 12.4. The van der Waals surface area contributed by atoms with Gasteiger partial charge >= 0.3 is 5.69 Å². The van der Waals surface area contributed by atoms with E-state index in [1.807, 2.05) is 32.0 Å². The van der Waals surface area contributed by atoms with Gasteiger partial charge in [-0.05, 0) is 31.0 Å². The second kappa shape index (κ2) is 7.07. The van der Waals surface area contributed by atoms with Crippen molar-refractivity contribution in [2.45, 2.75) is 19.0 Å². The third-order valence-electron chi connectivity index (χ3n) is 4.43. The molecule has 0 spiro atoms. The summed E-state index contributed by atoms with van der Waals surface area (Å²) in [5.41, 5.74) is 2.63. The molecule has 1 N–H and O–H groups in total. The minimum Gasteiger partial charge on any atom is -0.325 e. The van der Waals surface area contributed by atoms with Crippen LogP contribution in [0.4, 0.5) is 5.69 Å². The summed E-state index contributed by atoms with van der Waals surface area (Å²) in [6, 6.07) is 5.87. The summed E-state index contributed by atoms with van der Waals surface area (Å²) >= 11 is 1.22. The van der Waals surface area contributed by atoms with E-state index >= 15 is 0 Å². The number of carbonyl (C=O) groups is 1. The Hall–Kier alpha value is -2.81. The minimum absolute atomic E-state index is 0.138. The van der Waals surface area contributed by atoms with E-state index in [1.165, 1.54) is 23.4 Å². The van der Waals surface area contributed by atoms with Crippen LogP contribution in [0, 0.1) is 13.8 Å². The monoisotopic (exact) mass is 387 g/mol. The van der Waals surface area contributed by atoms with Gasteiger partial charge in [0.15, 0.2) is 16.3 Å². The standard InChI is InChI=1S/C18H21N5O3S/c1-10-6-7-11(2)12(8-10)19-13(24)9-27-17-20-15-14(21(17)3)16(25)23(5)18(26)22(15)4/h6-8H,9H2,1-5H3,(H,19,24). The minimum atomic E-state index is -0.435. The summed E-state index contributed by atoms with van der Waals surface area (Å²) in [6.07, 6.45) is 0. The second-order valence-corrected chi connectivity index (χ2v) is 7.43. The van der Waals surface area contributed by atoms with Crippen molar-refractivity contribution in [2.24, 2.45) is 21.1 Å². The number of benzene rings is 1. The molecule has 0 atom stereocenters. The molecular weight excluding hydrogens is 366 g/mol. The lowest BCUT2D eigenvalue weighted by molar-refractivity contribution is -0.113. The molecule has 2 aromatic heterocycles. The van der Waals surface area contributed by atoms with Gasteiger partial charge in [0.05, 0.1) is 5.75 Å². The lowest BCUT2D eigenvalue weighted by Crippen LogP contribution is -2.37. The number of anilines is 1. The fourth-order valence-electron chi connectivity index (χ4n) is 2.81. The van der Waals surface area contributed by atoms with Crippen LogP contribution in [0.5, 0.6) is 0 Å². The first-order valence-corrected chi connectivity index (χ1v) is 9.31. The predicted molar refractivity (Wildman–Crippen MR) is 106 cm³/mol. The summed E-state index contributed by atoms with van der Waals surface area (Å²) in [6.45, 7) is 3.90. The number of aryl methyl sites for hydroxylation is 4. The molecule has 0 aliphatic carbocycles. The van der Waals surface area contributed by atoms with Crippen molar-refractivity contribution in [1.29, 1.82) is 0 Å². The van der Waals surface area contributed by atoms with Gasteiger partial charge in [-0.25, -0.2) is 9.78 Å². The van der Waals surface area contributed by atoms with Crippen LogP contribution in [0.3, 0.4) is 0 Å². The molecule has 0 saturated carbocycles. The number of aromatic nitrogens is 4. The van der Waals surface area contributed by atoms with Gasteiger partial charge in [-0.3, -0.25) is 18.7 Å². The Morgan fingerprint density at radius 1 is 1.11 bits per heavy atom. The molecule has 1 aromatic carbocycles. The summed E-state index contributed by atoms with van der Waals surface area (Å²) in [7, 11) is 4.70. The number of fused-ring (bicyclic) bond motifs is 1. The molecule has 0 unspecified atom stereocenters. The van der Waals surface area contributed by atoms with Gasteiger partial charge in [-0.15, -0.1) is 0 Å². The Morgan fingerprint density at radius 3 is 2.52 bits per heavy atom. The largest absolute Gasteiger partial charge is 0.332 e. The van der Waals surface area contributed by atoms with Gasteiger partial charge in [0.1, 0.15) is 0 Å². The fourth-order valence-corrected chi connectivity index (χ4v) is 3.58. The van der Waals surface area contributed by atoms with Crippen LogP contribution in [0.15, 0.2) is 32.9 Å². The Balaban J connectivity index is 1.84. The molecule has 0 bridgehead atoms. The molecule has 3 aromatic rings. The molecule has 1 amide bonds. The molecule has 142 valence electrons. The number of thioether (sulfide) groups is 1. The van der Waals surface area contributed by atoms with E-state index < -0.39 is 11.2 Å². The zero-order valence-corrected chi connectivity index (χ0v) is 16.7. The van der Waals surface area contributed by atoms with E-state index in [2.05, 4.69) is 10.3 Å². The van der Waals surface area contributed by atoms with Crippen molar-refractivity contribution in [3.05, 3.63) is 50.2 Å². The zero-order chi connectivity index (χ0) is 19.9. The first-order valence-electron chi connectivity index (χ1n) is 8.33. The van der Waals surface area contributed by atoms with Crippen LogP contribution in [-0.4, -0.2) is 30.3 Å².